The van der Waals surface area contributed by atoms with Crippen LogP contribution in [0.5, 0.6) is 0 Å². The van der Waals surface area contributed by atoms with Gasteiger partial charge in [0, 0.05) is 31.4 Å². The lowest BCUT2D eigenvalue weighted by Crippen LogP contribution is -2.43. The van der Waals surface area contributed by atoms with Crippen LogP contribution in [0.4, 0.5) is 4.39 Å². The molecule has 2 N–H and O–H groups in total. The quantitative estimate of drug-likeness (QED) is 0.938. The summed E-state index contributed by atoms with van der Waals surface area (Å²) in [5, 5.41) is 4.23. The van der Waals surface area contributed by atoms with Crippen molar-refractivity contribution in [3.8, 4) is 0 Å². The zero-order valence-corrected chi connectivity index (χ0v) is 13.2. The Morgan fingerprint density at radius 3 is 2.70 bits per heavy atom. The highest BCUT2D eigenvalue weighted by molar-refractivity contribution is 5.81. The number of hydrogen-bond donors (Lipinski definition) is 1. The summed E-state index contributed by atoms with van der Waals surface area (Å²) in [4.78, 5) is 14.1. The third-order valence-corrected chi connectivity index (χ3v) is 4.55. The molecule has 0 unspecified atom stereocenters. The highest BCUT2D eigenvalue weighted by atomic mass is 19.1. The fourth-order valence-corrected chi connectivity index (χ4v) is 3.47. The van der Waals surface area contributed by atoms with Gasteiger partial charge >= 0.3 is 0 Å². The van der Waals surface area contributed by atoms with Gasteiger partial charge in [-0.05, 0) is 43.1 Å². The number of piperidine rings is 1. The van der Waals surface area contributed by atoms with E-state index in [0.29, 0.717) is 5.92 Å². The molecule has 1 aromatic heterocycles. The lowest BCUT2D eigenvalue weighted by molar-refractivity contribution is -0.124. The molecule has 1 aliphatic heterocycles. The zero-order valence-electron chi connectivity index (χ0n) is 13.2. The number of amides is 1. The third kappa shape index (κ3) is 3.27. The summed E-state index contributed by atoms with van der Waals surface area (Å²) in [6.07, 6.45) is 3.84. The predicted octanol–water partition coefficient (Wildman–Crippen LogP) is 1.97. The number of hydrogen-bond acceptors (Lipinski definition) is 3. The molecule has 1 amide bonds. The van der Waals surface area contributed by atoms with E-state index in [1.165, 1.54) is 12.1 Å². The van der Waals surface area contributed by atoms with Crippen molar-refractivity contribution in [2.45, 2.75) is 24.8 Å². The van der Waals surface area contributed by atoms with Gasteiger partial charge in [-0.2, -0.15) is 5.10 Å². The maximum atomic E-state index is 13.1. The summed E-state index contributed by atoms with van der Waals surface area (Å²) in [6.45, 7) is 1.55. The molecule has 23 heavy (non-hydrogen) atoms. The van der Waals surface area contributed by atoms with Crippen LogP contribution in [-0.2, 0) is 11.8 Å². The van der Waals surface area contributed by atoms with E-state index in [-0.39, 0.29) is 5.82 Å². The lowest BCUT2D eigenvalue weighted by Gasteiger charge is -2.37. The summed E-state index contributed by atoms with van der Waals surface area (Å²) < 4.78 is 15.0. The van der Waals surface area contributed by atoms with Crippen LogP contribution in [0.15, 0.2) is 36.5 Å². The van der Waals surface area contributed by atoms with Crippen LogP contribution >= 0.6 is 0 Å². The highest BCUT2D eigenvalue weighted by Gasteiger charge is 2.31. The van der Waals surface area contributed by atoms with Crippen molar-refractivity contribution in [1.82, 2.24) is 14.7 Å². The van der Waals surface area contributed by atoms with Gasteiger partial charge in [0.15, 0.2) is 0 Å². The summed E-state index contributed by atoms with van der Waals surface area (Å²) in [5.74, 6) is -0.399. The monoisotopic (exact) mass is 316 g/mol. The molecule has 0 radical (unpaired) electrons. The number of rotatable bonds is 4. The Hall–Kier alpha value is -2.21. The second kappa shape index (κ2) is 6.50. The first-order valence-electron chi connectivity index (χ1n) is 7.83. The number of halogens is 1. The molecule has 0 spiro atoms. The SMILES string of the molecule is Cn1nccc1[C@H]1CCCN([C@H](C(N)=O)c2ccc(F)cc2)C1. The molecule has 0 aliphatic carbocycles. The first-order valence-corrected chi connectivity index (χ1v) is 7.83. The molecule has 1 aromatic carbocycles. The Kier molecular flexibility index (Phi) is 4.43. The number of nitrogens with zero attached hydrogens (tertiary/aromatic N) is 3. The van der Waals surface area contributed by atoms with Gasteiger partial charge < -0.3 is 5.73 Å². The first kappa shape index (κ1) is 15.7. The van der Waals surface area contributed by atoms with E-state index in [2.05, 4.69) is 10.00 Å². The van der Waals surface area contributed by atoms with E-state index in [4.69, 9.17) is 5.73 Å². The Morgan fingerprint density at radius 1 is 1.35 bits per heavy atom. The van der Waals surface area contributed by atoms with Crippen molar-refractivity contribution in [3.63, 3.8) is 0 Å². The highest BCUT2D eigenvalue weighted by Crippen LogP contribution is 2.31. The van der Waals surface area contributed by atoms with Gasteiger partial charge in [0.1, 0.15) is 11.9 Å². The molecule has 1 saturated heterocycles. The molecule has 6 heteroatoms. The summed E-state index contributed by atoms with van der Waals surface area (Å²) in [6, 6.07) is 7.51. The second-order valence-electron chi connectivity index (χ2n) is 6.07. The van der Waals surface area contributed by atoms with Gasteiger partial charge in [0.25, 0.3) is 0 Å². The van der Waals surface area contributed by atoms with Crippen molar-refractivity contribution in [2.24, 2.45) is 12.8 Å². The van der Waals surface area contributed by atoms with E-state index >= 15 is 0 Å². The first-order chi connectivity index (χ1) is 11.1. The van der Waals surface area contributed by atoms with E-state index in [9.17, 15) is 9.18 Å². The van der Waals surface area contributed by atoms with Gasteiger partial charge in [-0.15, -0.1) is 0 Å². The van der Waals surface area contributed by atoms with Crippen molar-refractivity contribution in [3.05, 3.63) is 53.6 Å². The molecule has 2 aromatic rings. The molecule has 5 nitrogen and oxygen atoms in total. The Morgan fingerprint density at radius 2 is 2.09 bits per heavy atom. The number of primary amides is 1. The van der Waals surface area contributed by atoms with Crippen LogP contribution in [-0.4, -0.2) is 33.7 Å². The number of carbonyl (C=O) groups excluding carboxylic acids is 1. The minimum atomic E-state index is -0.522. The minimum Gasteiger partial charge on any atom is -0.368 e. The number of likely N-dealkylation sites (tertiary alicyclic amines) is 1. The fraction of sp³-hybridized carbons (Fsp3) is 0.412. The number of carbonyl (C=O) groups is 1. The van der Waals surface area contributed by atoms with E-state index in [1.54, 1.807) is 18.3 Å². The van der Waals surface area contributed by atoms with E-state index in [0.717, 1.165) is 37.2 Å². The van der Waals surface area contributed by atoms with Crippen molar-refractivity contribution in [2.75, 3.05) is 13.1 Å². The number of aromatic nitrogens is 2. The van der Waals surface area contributed by atoms with Crippen molar-refractivity contribution in [1.29, 1.82) is 0 Å². The molecule has 0 saturated carbocycles. The Balaban J connectivity index is 1.84. The van der Waals surface area contributed by atoms with Crippen LogP contribution in [0.3, 0.4) is 0 Å². The van der Waals surface area contributed by atoms with Gasteiger partial charge in [0.05, 0.1) is 0 Å². The third-order valence-electron chi connectivity index (χ3n) is 4.55. The molecule has 0 bridgehead atoms. The minimum absolute atomic E-state index is 0.316. The normalized spacial score (nSPS) is 20.3. The lowest BCUT2D eigenvalue weighted by atomic mass is 9.92. The molecule has 1 fully saturated rings. The van der Waals surface area contributed by atoms with Crippen LogP contribution < -0.4 is 5.73 Å². The van der Waals surface area contributed by atoms with Gasteiger partial charge in [-0.25, -0.2) is 4.39 Å². The van der Waals surface area contributed by atoms with Crippen LogP contribution in [0, 0.1) is 5.82 Å². The standard InChI is InChI=1S/C17H21FN4O/c1-21-15(8-9-20-21)13-3-2-10-22(11-13)16(17(19)23)12-4-6-14(18)7-5-12/h4-9,13,16H,2-3,10-11H2,1H3,(H2,19,23)/t13-,16-/m0/s1. The molecule has 122 valence electrons. The van der Waals surface area contributed by atoms with Crippen LogP contribution in [0.1, 0.15) is 36.1 Å². The molecule has 2 atom stereocenters. The molecule has 3 rings (SSSR count). The molecular formula is C17H21FN4O. The fourth-order valence-electron chi connectivity index (χ4n) is 3.47. The van der Waals surface area contributed by atoms with E-state index < -0.39 is 11.9 Å². The predicted molar refractivity (Wildman–Crippen MR) is 85.1 cm³/mol. The second-order valence-corrected chi connectivity index (χ2v) is 6.07. The topological polar surface area (TPSA) is 64.2 Å². The van der Waals surface area contributed by atoms with Crippen LogP contribution in [0.2, 0.25) is 0 Å². The Labute approximate surface area is 134 Å². The van der Waals surface area contributed by atoms with E-state index in [1.807, 2.05) is 17.8 Å². The van der Waals surface area contributed by atoms with Gasteiger partial charge in [-0.3, -0.25) is 14.4 Å². The summed E-state index contributed by atoms with van der Waals surface area (Å²) in [5.41, 5.74) is 7.54. The Bertz CT molecular complexity index is 682. The number of aryl methyl sites for hydroxylation is 1. The number of benzene rings is 1. The molecular weight excluding hydrogens is 295 g/mol. The van der Waals surface area contributed by atoms with Crippen molar-refractivity contribution >= 4 is 5.91 Å². The van der Waals surface area contributed by atoms with Crippen molar-refractivity contribution < 1.29 is 9.18 Å². The average Bonchev–Trinajstić information content (AvgIpc) is 2.96. The molecule has 2 heterocycles. The zero-order chi connectivity index (χ0) is 16.4. The summed E-state index contributed by atoms with van der Waals surface area (Å²) >= 11 is 0. The van der Waals surface area contributed by atoms with Gasteiger partial charge in [-0.1, -0.05) is 12.1 Å². The maximum Gasteiger partial charge on any atom is 0.239 e. The smallest absolute Gasteiger partial charge is 0.239 e. The van der Waals surface area contributed by atoms with Crippen LogP contribution in [0.25, 0.3) is 0 Å². The summed E-state index contributed by atoms with van der Waals surface area (Å²) in [7, 11) is 1.93. The average molecular weight is 316 g/mol. The maximum absolute atomic E-state index is 13.1. The van der Waals surface area contributed by atoms with Gasteiger partial charge in [0.2, 0.25) is 5.91 Å². The largest absolute Gasteiger partial charge is 0.368 e. The number of nitrogens with two attached hydrogens (primary N) is 1. The molecule has 1 aliphatic rings.